The molecule has 7 nitrogen and oxygen atoms in total. The third kappa shape index (κ3) is 4.36. The van der Waals surface area contributed by atoms with E-state index in [4.69, 9.17) is 11.6 Å². The molecule has 4 N–H and O–H groups in total. The number of thiophene rings is 1. The Balaban J connectivity index is 1.53. The summed E-state index contributed by atoms with van der Waals surface area (Å²) >= 11 is 7.45. The molecule has 27 heavy (non-hydrogen) atoms. The lowest BCUT2D eigenvalue weighted by molar-refractivity contribution is -0.120. The van der Waals surface area contributed by atoms with Crippen LogP contribution in [0.1, 0.15) is 20.0 Å². The summed E-state index contributed by atoms with van der Waals surface area (Å²) in [6.45, 7) is -0.344. The van der Waals surface area contributed by atoms with Crippen LogP contribution in [0.5, 0.6) is 5.75 Å². The maximum absolute atomic E-state index is 12.3. The van der Waals surface area contributed by atoms with Crippen molar-refractivity contribution in [2.75, 3.05) is 6.54 Å². The number of carbonyl (C=O) groups excluding carboxylic acids is 3. The normalized spacial score (nSPS) is 10.4. The predicted molar refractivity (Wildman–Crippen MR) is 103 cm³/mol. The minimum Gasteiger partial charge on any atom is -0.508 e. The molecule has 3 amide bonds. The Morgan fingerprint density at radius 3 is 2.52 bits per heavy atom. The lowest BCUT2D eigenvalue weighted by Crippen LogP contribution is -2.46. The molecule has 1 heterocycles. The molecule has 0 aliphatic rings. The molecule has 0 saturated heterocycles. The van der Waals surface area contributed by atoms with Crippen molar-refractivity contribution in [3.63, 3.8) is 0 Å². The van der Waals surface area contributed by atoms with E-state index in [9.17, 15) is 19.5 Å². The van der Waals surface area contributed by atoms with Crippen molar-refractivity contribution in [1.29, 1.82) is 0 Å². The van der Waals surface area contributed by atoms with Crippen molar-refractivity contribution in [2.24, 2.45) is 0 Å². The number of rotatable bonds is 4. The summed E-state index contributed by atoms with van der Waals surface area (Å²) in [5, 5.41) is 12.9. The number of amides is 3. The number of carbonyl (C=O) groups is 3. The fourth-order valence-electron chi connectivity index (χ4n) is 2.29. The van der Waals surface area contributed by atoms with Gasteiger partial charge in [0.05, 0.1) is 11.6 Å². The smallest absolute Gasteiger partial charge is 0.269 e. The second-order valence-corrected chi connectivity index (χ2v) is 6.91. The number of hydrazine groups is 1. The molecule has 0 unspecified atom stereocenters. The number of halogens is 1. The molecule has 0 radical (unpaired) electrons. The number of fused-ring (bicyclic) bond motifs is 1. The molecule has 0 saturated carbocycles. The fourth-order valence-corrected chi connectivity index (χ4v) is 3.72. The Kier molecular flexibility index (Phi) is 5.58. The number of phenolic OH excluding ortho intramolecular Hbond substituents is 1. The lowest BCUT2D eigenvalue weighted by Gasteiger charge is -2.08. The van der Waals surface area contributed by atoms with E-state index < -0.39 is 17.7 Å². The monoisotopic (exact) mass is 403 g/mol. The number of benzene rings is 2. The minimum atomic E-state index is -0.617. The Hall–Kier alpha value is -3.10. The first-order valence-electron chi connectivity index (χ1n) is 7.79. The van der Waals surface area contributed by atoms with Crippen molar-refractivity contribution >= 4 is 50.7 Å². The van der Waals surface area contributed by atoms with E-state index >= 15 is 0 Å². The van der Waals surface area contributed by atoms with Gasteiger partial charge in [-0.05, 0) is 24.3 Å². The van der Waals surface area contributed by atoms with Crippen LogP contribution in [0.2, 0.25) is 5.02 Å². The van der Waals surface area contributed by atoms with Crippen molar-refractivity contribution in [1.82, 2.24) is 16.2 Å². The topological polar surface area (TPSA) is 108 Å². The molecular formula is C18H14ClN3O4S. The lowest BCUT2D eigenvalue weighted by atomic mass is 10.2. The average Bonchev–Trinajstić information content (AvgIpc) is 3.01. The van der Waals surface area contributed by atoms with Crippen molar-refractivity contribution in [3.8, 4) is 5.75 Å². The van der Waals surface area contributed by atoms with Crippen LogP contribution >= 0.6 is 22.9 Å². The highest BCUT2D eigenvalue weighted by Crippen LogP contribution is 2.34. The summed E-state index contributed by atoms with van der Waals surface area (Å²) in [5.74, 6) is -1.76. The molecule has 9 heteroatoms. The Labute approximate surface area is 162 Å². The van der Waals surface area contributed by atoms with E-state index in [1.807, 2.05) is 24.3 Å². The van der Waals surface area contributed by atoms with Crippen LogP contribution < -0.4 is 16.2 Å². The molecular weight excluding hydrogens is 390 g/mol. The van der Waals surface area contributed by atoms with Gasteiger partial charge in [0.2, 0.25) is 0 Å². The molecule has 138 valence electrons. The van der Waals surface area contributed by atoms with E-state index in [0.29, 0.717) is 9.90 Å². The molecule has 0 aliphatic heterocycles. The molecule has 3 aromatic rings. The summed E-state index contributed by atoms with van der Waals surface area (Å²) < 4.78 is 0.871. The molecule has 0 bridgehead atoms. The van der Waals surface area contributed by atoms with E-state index in [0.717, 1.165) is 10.1 Å². The van der Waals surface area contributed by atoms with Gasteiger partial charge in [-0.1, -0.05) is 35.9 Å². The second kappa shape index (κ2) is 8.07. The van der Waals surface area contributed by atoms with Crippen LogP contribution in [0.15, 0.2) is 48.5 Å². The standard InChI is InChI=1S/C18H14ClN3O4S/c19-15-12-6-1-2-7-13(12)27-16(15)18(26)20-9-14(24)21-22-17(25)10-4-3-5-11(23)8-10/h1-8,23H,9H2,(H,20,26)(H,21,24)(H,22,25). The highest BCUT2D eigenvalue weighted by molar-refractivity contribution is 7.21. The number of aromatic hydroxyl groups is 1. The summed E-state index contributed by atoms with van der Waals surface area (Å²) in [6, 6.07) is 13.0. The van der Waals surface area contributed by atoms with Gasteiger partial charge >= 0.3 is 0 Å². The van der Waals surface area contributed by atoms with Crippen molar-refractivity contribution in [2.45, 2.75) is 0 Å². The van der Waals surface area contributed by atoms with E-state index in [2.05, 4.69) is 16.2 Å². The van der Waals surface area contributed by atoms with Gasteiger partial charge in [0.25, 0.3) is 17.7 Å². The Bertz CT molecular complexity index is 1030. The largest absolute Gasteiger partial charge is 0.508 e. The highest BCUT2D eigenvalue weighted by Gasteiger charge is 2.17. The second-order valence-electron chi connectivity index (χ2n) is 5.48. The summed E-state index contributed by atoms with van der Waals surface area (Å²) in [5.41, 5.74) is 4.56. The third-order valence-corrected chi connectivity index (χ3v) is 5.25. The molecule has 0 fully saturated rings. The average molecular weight is 404 g/mol. The van der Waals surface area contributed by atoms with Gasteiger partial charge in [-0.3, -0.25) is 25.2 Å². The van der Waals surface area contributed by atoms with Gasteiger partial charge < -0.3 is 10.4 Å². The van der Waals surface area contributed by atoms with Gasteiger partial charge in [-0.25, -0.2) is 0 Å². The molecule has 0 aliphatic carbocycles. The molecule has 2 aromatic carbocycles. The van der Waals surface area contributed by atoms with Gasteiger partial charge in [0, 0.05) is 15.6 Å². The highest BCUT2D eigenvalue weighted by atomic mass is 35.5. The van der Waals surface area contributed by atoms with E-state index in [1.54, 1.807) is 0 Å². The zero-order chi connectivity index (χ0) is 19.4. The number of hydrogen-bond donors (Lipinski definition) is 4. The molecule has 0 atom stereocenters. The fraction of sp³-hybridized carbons (Fsp3) is 0.0556. The van der Waals surface area contributed by atoms with Crippen molar-refractivity contribution < 1.29 is 19.5 Å². The number of nitrogens with one attached hydrogen (secondary N) is 3. The third-order valence-electron chi connectivity index (χ3n) is 3.57. The first-order valence-corrected chi connectivity index (χ1v) is 8.98. The Morgan fingerprint density at radius 2 is 1.78 bits per heavy atom. The van der Waals surface area contributed by atoms with Crippen LogP contribution in [-0.4, -0.2) is 29.4 Å². The maximum Gasteiger partial charge on any atom is 0.269 e. The SMILES string of the molecule is O=C(CNC(=O)c1sc2ccccc2c1Cl)NNC(=O)c1cccc(O)c1. The molecule has 0 spiro atoms. The van der Waals surface area contributed by atoms with Gasteiger partial charge in [0.1, 0.15) is 10.6 Å². The predicted octanol–water partition coefficient (Wildman–Crippen LogP) is 2.45. The first kappa shape index (κ1) is 18.7. The molecule has 3 rings (SSSR count). The van der Waals surface area contributed by atoms with Crippen LogP contribution in [0, 0.1) is 0 Å². The zero-order valence-electron chi connectivity index (χ0n) is 13.8. The number of hydrogen-bond acceptors (Lipinski definition) is 5. The quantitative estimate of drug-likeness (QED) is 0.502. The summed E-state index contributed by atoms with van der Waals surface area (Å²) in [4.78, 5) is 36.3. The van der Waals surface area contributed by atoms with E-state index in [1.165, 1.54) is 35.6 Å². The van der Waals surface area contributed by atoms with Crippen LogP contribution in [-0.2, 0) is 4.79 Å². The van der Waals surface area contributed by atoms with Gasteiger partial charge in [0.15, 0.2) is 0 Å². The first-order chi connectivity index (χ1) is 13.0. The van der Waals surface area contributed by atoms with Crippen molar-refractivity contribution in [3.05, 3.63) is 64.0 Å². The van der Waals surface area contributed by atoms with E-state index in [-0.39, 0.29) is 17.9 Å². The zero-order valence-corrected chi connectivity index (χ0v) is 15.4. The van der Waals surface area contributed by atoms with Gasteiger partial charge in [-0.2, -0.15) is 0 Å². The van der Waals surface area contributed by atoms with Crippen LogP contribution in [0.3, 0.4) is 0 Å². The van der Waals surface area contributed by atoms with Crippen LogP contribution in [0.25, 0.3) is 10.1 Å². The number of phenols is 1. The summed E-state index contributed by atoms with van der Waals surface area (Å²) in [7, 11) is 0. The Morgan fingerprint density at radius 1 is 1.00 bits per heavy atom. The van der Waals surface area contributed by atoms with Crippen LogP contribution in [0.4, 0.5) is 0 Å². The minimum absolute atomic E-state index is 0.0681. The molecule has 1 aromatic heterocycles. The maximum atomic E-state index is 12.3. The summed E-state index contributed by atoms with van der Waals surface area (Å²) in [6.07, 6.45) is 0. The van der Waals surface area contributed by atoms with Gasteiger partial charge in [-0.15, -0.1) is 11.3 Å².